The maximum absolute atomic E-state index is 12.3. The molecule has 0 atom stereocenters. The van der Waals surface area contributed by atoms with E-state index in [0.717, 1.165) is 3.57 Å². The van der Waals surface area contributed by atoms with Gasteiger partial charge in [-0.25, -0.2) is 9.97 Å². The number of hydrogen-bond donors (Lipinski definition) is 1. The van der Waals surface area contributed by atoms with Gasteiger partial charge in [-0.15, -0.1) is 0 Å². The van der Waals surface area contributed by atoms with E-state index in [0.29, 0.717) is 11.5 Å². The normalized spacial score (nSPS) is 12.0. The fourth-order valence-electron chi connectivity index (χ4n) is 1.32. The first-order valence-electron chi connectivity index (χ1n) is 5.05. The van der Waals surface area contributed by atoms with Gasteiger partial charge >= 0.3 is 6.18 Å². The molecule has 1 N–H and O–H groups in total. The van der Waals surface area contributed by atoms with Crippen LogP contribution in [0.1, 0.15) is 31.3 Å². The zero-order valence-corrected chi connectivity index (χ0v) is 11.8. The maximum atomic E-state index is 12.3. The Bertz CT molecular complexity index is 405. The molecule has 1 aromatic heterocycles. The Balaban J connectivity index is 3.21. The number of nitrogens with zero attached hydrogens (tertiary/aromatic N) is 2. The Morgan fingerprint density at radius 3 is 2.29 bits per heavy atom. The number of alkyl halides is 3. The summed E-state index contributed by atoms with van der Waals surface area (Å²) < 4.78 is 37.7. The summed E-state index contributed by atoms with van der Waals surface area (Å²) in [6, 6.07) is 0. The summed E-state index contributed by atoms with van der Waals surface area (Å²) in [5, 5.41) is 2.79. The van der Waals surface area contributed by atoms with Crippen LogP contribution >= 0.6 is 22.6 Å². The van der Waals surface area contributed by atoms with E-state index >= 15 is 0 Å². The lowest BCUT2D eigenvalue weighted by Gasteiger charge is -2.14. The van der Waals surface area contributed by atoms with E-state index in [1.165, 1.54) is 0 Å². The second-order valence-electron chi connectivity index (χ2n) is 3.88. The van der Waals surface area contributed by atoms with Crippen molar-refractivity contribution in [2.45, 2.75) is 32.4 Å². The lowest BCUT2D eigenvalue weighted by Crippen LogP contribution is -2.17. The average molecular weight is 359 g/mol. The topological polar surface area (TPSA) is 37.8 Å². The first-order chi connectivity index (χ1) is 7.74. The lowest BCUT2D eigenvalue weighted by molar-refractivity contribution is -0.128. The summed E-state index contributed by atoms with van der Waals surface area (Å²) in [6.45, 7) is 3.78. The molecule has 0 radical (unpaired) electrons. The summed E-state index contributed by atoms with van der Waals surface area (Å²) in [5.41, 5.74) is 0.643. The number of halogens is 4. The number of anilines is 1. The first-order valence-corrected chi connectivity index (χ1v) is 6.13. The van der Waals surface area contributed by atoms with E-state index < -0.39 is 12.6 Å². The summed E-state index contributed by atoms with van der Waals surface area (Å²) in [5.74, 6) is 0.318. The quantitative estimate of drug-likeness (QED) is 0.842. The largest absolute Gasteiger partial charge is 0.396 e. The van der Waals surface area contributed by atoms with Gasteiger partial charge < -0.3 is 5.32 Å². The van der Waals surface area contributed by atoms with E-state index in [1.807, 2.05) is 36.4 Å². The minimum atomic E-state index is -4.29. The molecule has 0 aliphatic heterocycles. The Labute approximate surface area is 111 Å². The molecular weight excluding hydrogens is 346 g/mol. The third kappa shape index (κ3) is 3.97. The van der Waals surface area contributed by atoms with Crippen molar-refractivity contribution in [2.75, 3.05) is 12.4 Å². The molecule has 1 aromatic rings. The van der Waals surface area contributed by atoms with Crippen LogP contribution in [0.3, 0.4) is 0 Å². The molecule has 0 bridgehead atoms. The lowest BCUT2D eigenvalue weighted by atomic mass is 10.1. The van der Waals surface area contributed by atoms with Crippen LogP contribution in [0.25, 0.3) is 0 Å². The molecule has 0 aliphatic carbocycles. The van der Waals surface area contributed by atoms with Gasteiger partial charge in [-0.2, -0.15) is 13.2 Å². The van der Waals surface area contributed by atoms with Crippen LogP contribution in [0.2, 0.25) is 0 Å². The van der Waals surface area contributed by atoms with Crippen LogP contribution in [0.15, 0.2) is 0 Å². The van der Waals surface area contributed by atoms with E-state index in [9.17, 15) is 13.2 Å². The Kier molecular flexibility index (Phi) is 4.56. The Morgan fingerprint density at radius 2 is 1.88 bits per heavy atom. The van der Waals surface area contributed by atoms with Crippen LogP contribution in [0.4, 0.5) is 19.0 Å². The highest BCUT2D eigenvalue weighted by Gasteiger charge is 2.30. The molecule has 0 spiro atoms. The van der Waals surface area contributed by atoms with Gasteiger partial charge in [0, 0.05) is 7.05 Å². The molecule has 1 heterocycles. The summed E-state index contributed by atoms with van der Waals surface area (Å²) in [6.07, 6.45) is -5.38. The van der Waals surface area contributed by atoms with Crippen molar-refractivity contribution < 1.29 is 13.2 Å². The van der Waals surface area contributed by atoms with Gasteiger partial charge in [0.15, 0.2) is 0 Å². The highest BCUT2D eigenvalue weighted by atomic mass is 127. The average Bonchev–Trinajstić information content (AvgIpc) is 2.17. The van der Waals surface area contributed by atoms with Crippen molar-refractivity contribution in [3.05, 3.63) is 15.1 Å². The number of hydrogen-bond acceptors (Lipinski definition) is 3. The minimum absolute atomic E-state index is 0.0592. The van der Waals surface area contributed by atoms with Gasteiger partial charge in [-0.3, -0.25) is 0 Å². The second-order valence-corrected chi connectivity index (χ2v) is 4.96. The van der Waals surface area contributed by atoms with Crippen molar-refractivity contribution in [1.82, 2.24) is 9.97 Å². The number of nitrogens with one attached hydrogen (secondary N) is 1. The molecule has 1 rings (SSSR count). The SMILES string of the molecule is CNc1nc(CC(F)(F)F)nc(C(C)C)c1I. The third-order valence-corrected chi connectivity index (χ3v) is 3.13. The molecule has 0 saturated carbocycles. The summed E-state index contributed by atoms with van der Waals surface area (Å²) >= 11 is 2.04. The standard InChI is InChI=1S/C10H13F3IN3/c1-5(2)8-7(14)9(15-3)17-6(16-8)4-10(11,12)13/h5H,4H2,1-3H3,(H,15,16,17). The molecule has 0 aromatic carbocycles. The maximum Gasteiger partial charge on any atom is 0.396 e. The van der Waals surface area contributed by atoms with Gasteiger partial charge in [-0.05, 0) is 28.5 Å². The van der Waals surface area contributed by atoms with Gasteiger partial charge in [-0.1, -0.05) is 13.8 Å². The third-order valence-electron chi connectivity index (χ3n) is 2.07. The summed E-state index contributed by atoms with van der Waals surface area (Å²) in [7, 11) is 1.63. The highest BCUT2D eigenvalue weighted by molar-refractivity contribution is 14.1. The van der Waals surface area contributed by atoms with E-state index in [1.54, 1.807) is 7.05 Å². The predicted molar refractivity (Wildman–Crippen MR) is 68.1 cm³/mol. The Morgan fingerprint density at radius 1 is 1.29 bits per heavy atom. The number of rotatable bonds is 3. The van der Waals surface area contributed by atoms with Crippen LogP contribution in [0.5, 0.6) is 0 Å². The zero-order chi connectivity index (χ0) is 13.2. The molecular formula is C10H13F3IN3. The van der Waals surface area contributed by atoms with E-state index in [-0.39, 0.29) is 11.7 Å². The molecule has 17 heavy (non-hydrogen) atoms. The molecule has 96 valence electrons. The van der Waals surface area contributed by atoms with Crippen LogP contribution in [-0.2, 0) is 6.42 Å². The minimum Gasteiger partial charge on any atom is -0.372 e. The molecule has 0 aliphatic rings. The number of aromatic nitrogens is 2. The molecule has 0 saturated heterocycles. The van der Waals surface area contributed by atoms with Crippen LogP contribution in [-0.4, -0.2) is 23.2 Å². The first kappa shape index (κ1) is 14.5. The van der Waals surface area contributed by atoms with Crippen molar-refractivity contribution in [2.24, 2.45) is 0 Å². The van der Waals surface area contributed by atoms with Gasteiger partial charge in [0.2, 0.25) is 0 Å². The van der Waals surface area contributed by atoms with E-state index in [4.69, 9.17) is 0 Å². The van der Waals surface area contributed by atoms with Crippen LogP contribution in [0, 0.1) is 3.57 Å². The van der Waals surface area contributed by atoms with E-state index in [2.05, 4.69) is 15.3 Å². The van der Waals surface area contributed by atoms with Gasteiger partial charge in [0.05, 0.1) is 9.26 Å². The summed E-state index contributed by atoms with van der Waals surface area (Å²) in [4.78, 5) is 7.86. The molecule has 3 nitrogen and oxygen atoms in total. The van der Waals surface area contributed by atoms with Gasteiger partial charge in [0.25, 0.3) is 0 Å². The molecule has 0 unspecified atom stereocenters. The van der Waals surface area contributed by atoms with Crippen molar-refractivity contribution >= 4 is 28.4 Å². The second kappa shape index (κ2) is 5.36. The monoisotopic (exact) mass is 359 g/mol. The predicted octanol–water partition coefficient (Wildman–Crippen LogP) is 3.35. The molecule has 0 amide bonds. The zero-order valence-electron chi connectivity index (χ0n) is 9.69. The fraction of sp³-hybridized carbons (Fsp3) is 0.600. The molecule has 0 fully saturated rings. The molecule has 7 heteroatoms. The smallest absolute Gasteiger partial charge is 0.372 e. The van der Waals surface area contributed by atoms with Crippen molar-refractivity contribution in [3.63, 3.8) is 0 Å². The Hall–Kier alpha value is -0.600. The van der Waals surface area contributed by atoms with Crippen LogP contribution < -0.4 is 5.32 Å². The van der Waals surface area contributed by atoms with Crippen molar-refractivity contribution in [3.8, 4) is 0 Å². The van der Waals surface area contributed by atoms with Crippen molar-refractivity contribution in [1.29, 1.82) is 0 Å². The fourth-order valence-corrected chi connectivity index (χ4v) is 2.45. The van der Waals surface area contributed by atoms with Gasteiger partial charge in [0.1, 0.15) is 18.1 Å². The highest BCUT2D eigenvalue weighted by Crippen LogP contribution is 2.27.